The van der Waals surface area contributed by atoms with Crippen LogP contribution in [0, 0.1) is 0 Å². The fraction of sp³-hybridized carbons (Fsp3) is 0.500. The van der Waals surface area contributed by atoms with Gasteiger partial charge in [-0.15, -0.1) is 0 Å². The Balaban J connectivity index is 1.91. The van der Waals surface area contributed by atoms with E-state index in [0.29, 0.717) is 12.7 Å². The molecular weight excluding hydrogens is 217 g/mol. The molecule has 0 unspecified atom stereocenters. The third-order valence-corrected chi connectivity index (χ3v) is 2.82. The van der Waals surface area contributed by atoms with Crippen molar-refractivity contribution in [2.24, 2.45) is 0 Å². The lowest BCUT2D eigenvalue weighted by atomic mass is 9.96. The van der Waals surface area contributed by atoms with E-state index in [2.05, 4.69) is 0 Å². The minimum absolute atomic E-state index is 0.308. The van der Waals surface area contributed by atoms with Crippen molar-refractivity contribution in [3.05, 3.63) is 35.4 Å². The Labute approximate surface area is 92.2 Å². The van der Waals surface area contributed by atoms with Gasteiger partial charge in [0.15, 0.2) is 0 Å². The van der Waals surface area contributed by atoms with Crippen molar-refractivity contribution in [2.45, 2.75) is 38.1 Å². The minimum Gasteiger partial charge on any atom is -0.374 e. The van der Waals surface area contributed by atoms with Gasteiger partial charge >= 0.3 is 6.18 Å². The summed E-state index contributed by atoms with van der Waals surface area (Å²) in [6, 6.07) is 5.14. The highest BCUT2D eigenvalue weighted by Gasteiger charge is 2.29. The first-order valence-electron chi connectivity index (χ1n) is 5.33. The minimum atomic E-state index is -4.26. The first kappa shape index (κ1) is 11.5. The van der Waals surface area contributed by atoms with Crippen LogP contribution in [0.4, 0.5) is 13.2 Å². The van der Waals surface area contributed by atoms with Crippen LogP contribution in [0.3, 0.4) is 0 Å². The van der Waals surface area contributed by atoms with E-state index < -0.39 is 11.7 Å². The van der Waals surface area contributed by atoms with Crippen molar-refractivity contribution in [1.82, 2.24) is 0 Å². The number of benzene rings is 1. The molecule has 0 spiro atoms. The van der Waals surface area contributed by atoms with Crippen LogP contribution in [0.2, 0.25) is 0 Å². The summed E-state index contributed by atoms with van der Waals surface area (Å²) in [6.07, 6.45) is -0.617. The van der Waals surface area contributed by atoms with Gasteiger partial charge < -0.3 is 4.74 Å². The highest BCUT2D eigenvalue weighted by atomic mass is 19.4. The average molecular weight is 230 g/mol. The molecule has 0 saturated heterocycles. The first-order chi connectivity index (χ1) is 7.55. The molecule has 0 aromatic heterocycles. The van der Waals surface area contributed by atoms with E-state index >= 15 is 0 Å². The highest BCUT2D eigenvalue weighted by Crippen LogP contribution is 2.29. The maximum absolute atomic E-state index is 12.3. The fourth-order valence-corrected chi connectivity index (χ4v) is 1.54. The molecule has 1 saturated carbocycles. The summed E-state index contributed by atoms with van der Waals surface area (Å²) < 4.78 is 42.3. The Morgan fingerprint density at radius 2 is 1.75 bits per heavy atom. The van der Waals surface area contributed by atoms with Crippen LogP contribution < -0.4 is 0 Å². The third-order valence-electron chi connectivity index (χ3n) is 2.82. The zero-order chi connectivity index (χ0) is 11.6. The Kier molecular flexibility index (Phi) is 3.19. The predicted octanol–water partition coefficient (Wildman–Crippen LogP) is 3.77. The average Bonchev–Trinajstić information content (AvgIpc) is 2.15. The maximum atomic E-state index is 12.3. The second-order valence-electron chi connectivity index (χ2n) is 4.06. The van der Waals surface area contributed by atoms with E-state index in [1.807, 2.05) is 0 Å². The molecule has 1 aromatic carbocycles. The van der Waals surface area contributed by atoms with Crippen molar-refractivity contribution in [3.8, 4) is 0 Å². The third kappa shape index (κ3) is 2.76. The molecule has 2 rings (SSSR count). The molecular formula is C12H13F3O. The van der Waals surface area contributed by atoms with Gasteiger partial charge in [-0.05, 0) is 37.0 Å². The first-order valence-corrected chi connectivity index (χ1v) is 5.33. The van der Waals surface area contributed by atoms with Crippen molar-refractivity contribution in [3.63, 3.8) is 0 Å². The lowest BCUT2D eigenvalue weighted by molar-refractivity contribution is -0.137. The van der Waals surface area contributed by atoms with E-state index in [1.165, 1.54) is 18.6 Å². The smallest absolute Gasteiger partial charge is 0.374 e. The molecule has 0 atom stereocenters. The molecule has 0 radical (unpaired) electrons. The number of alkyl halides is 3. The standard InChI is InChI=1S/C12H13F3O/c13-12(14,15)10-6-4-9(5-7-10)8-16-11-2-1-3-11/h4-7,11H,1-3,8H2. The van der Waals surface area contributed by atoms with E-state index in [9.17, 15) is 13.2 Å². The summed E-state index contributed by atoms with van der Waals surface area (Å²) in [4.78, 5) is 0. The van der Waals surface area contributed by atoms with Crippen LogP contribution in [0.1, 0.15) is 30.4 Å². The summed E-state index contributed by atoms with van der Waals surface area (Å²) in [5.41, 5.74) is 0.180. The van der Waals surface area contributed by atoms with Crippen LogP contribution in [-0.4, -0.2) is 6.10 Å². The zero-order valence-electron chi connectivity index (χ0n) is 8.76. The van der Waals surface area contributed by atoms with E-state index in [1.54, 1.807) is 0 Å². The Bertz CT molecular complexity index is 338. The molecule has 0 N–H and O–H groups in total. The van der Waals surface area contributed by atoms with Gasteiger partial charge in [0.25, 0.3) is 0 Å². The summed E-state index contributed by atoms with van der Waals surface area (Å²) in [7, 11) is 0. The number of ether oxygens (including phenoxy) is 1. The number of halogens is 3. The lowest BCUT2D eigenvalue weighted by Crippen LogP contribution is -2.21. The van der Waals surface area contributed by atoms with Gasteiger partial charge in [-0.1, -0.05) is 12.1 Å². The van der Waals surface area contributed by atoms with Crippen LogP contribution in [0.5, 0.6) is 0 Å². The van der Waals surface area contributed by atoms with Crippen LogP contribution in [0.15, 0.2) is 24.3 Å². The van der Waals surface area contributed by atoms with Crippen molar-refractivity contribution < 1.29 is 17.9 Å². The molecule has 16 heavy (non-hydrogen) atoms. The molecule has 1 nitrogen and oxygen atoms in total. The molecule has 0 amide bonds. The quantitative estimate of drug-likeness (QED) is 0.767. The maximum Gasteiger partial charge on any atom is 0.416 e. The van der Waals surface area contributed by atoms with Crippen molar-refractivity contribution in [1.29, 1.82) is 0 Å². The van der Waals surface area contributed by atoms with E-state index in [0.717, 1.165) is 30.5 Å². The van der Waals surface area contributed by atoms with Gasteiger partial charge in [-0.3, -0.25) is 0 Å². The van der Waals surface area contributed by atoms with Gasteiger partial charge in [0.05, 0.1) is 18.3 Å². The predicted molar refractivity (Wildman–Crippen MR) is 53.9 cm³/mol. The molecule has 1 aliphatic carbocycles. The molecule has 0 heterocycles. The fourth-order valence-electron chi connectivity index (χ4n) is 1.54. The molecule has 1 aliphatic rings. The number of hydrogen-bond donors (Lipinski definition) is 0. The second-order valence-corrected chi connectivity index (χ2v) is 4.06. The van der Waals surface area contributed by atoms with E-state index in [-0.39, 0.29) is 0 Å². The van der Waals surface area contributed by atoms with Gasteiger partial charge in [-0.2, -0.15) is 13.2 Å². The normalized spacial score (nSPS) is 17.2. The SMILES string of the molecule is FC(F)(F)c1ccc(COC2CCC2)cc1. The zero-order valence-corrected chi connectivity index (χ0v) is 8.76. The Morgan fingerprint density at radius 3 is 2.19 bits per heavy atom. The van der Waals surface area contributed by atoms with Crippen molar-refractivity contribution >= 4 is 0 Å². The Hall–Kier alpha value is -1.03. The van der Waals surface area contributed by atoms with E-state index in [4.69, 9.17) is 4.74 Å². The molecule has 0 aliphatic heterocycles. The van der Waals surface area contributed by atoms with Gasteiger partial charge in [0.1, 0.15) is 0 Å². The Morgan fingerprint density at radius 1 is 1.12 bits per heavy atom. The number of hydrogen-bond acceptors (Lipinski definition) is 1. The van der Waals surface area contributed by atoms with Crippen molar-refractivity contribution in [2.75, 3.05) is 0 Å². The summed E-state index contributed by atoms with van der Waals surface area (Å²) in [5, 5.41) is 0. The van der Waals surface area contributed by atoms with Gasteiger partial charge in [-0.25, -0.2) is 0 Å². The van der Waals surface area contributed by atoms with Gasteiger partial charge in [0.2, 0.25) is 0 Å². The molecule has 1 fully saturated rings. The monoisotopic (exact) mass is 230 g/mol. The molecule has 88 valence electrons. The van der Waals surface area contributed by atoms with Gasteiger partial charge in [0, 0.05) is 0 Å². The lowest BCUT2D eigenvalue weighted by Gasteiger charge is -2.25. The highest BCUT2D eigenvalue weighted by molar-refractivity contribution is 5.24. The van der Waals surface area contributed by atoms with Crippen LogP contribution in [-0.2, 0) is 17.5 Å². The number of rotatable bonds is 3. The topological polar surface area (TPSA) is 9.23 Å². The summed E-state index contributed by atoms with van der Waals surface area (Å²) >= 11 is 0. The van der Waals surface area contributed by atoms with Crippen LogP contribution >= 0.6 is 0 Å². The summed E-state index contributed by atoms with van der Waals surface area (Å²) in [5.74, 6) is 0. The molecule has 0 bridgehead atoms. The second kappa shape index (κ2) is 4.45. The summed E-state index contributed by atoms with van der Waals surface area (Å²) in [6.45, 7) is 0.406. The molecule has 4 heteroatoms. The molecule has 1 aromatic rings. The largest absolute Gasteiger partial charge is 0.416 e. The van der Waals surface area contributed by atoms with Crippen LogP contribution in [0.25, 0.3) is 0 Å².